The van der Waals surface area contributed by atoms with Crippen molar-refractivity contribution in [1.82, 2.24) is 15.2 Å². The Morgan fingerprint density at radius 1 is 1.27 bits per heavy atom. The van der Waals surface area contributed by atoms with Gasteiger partial charge in [-0.25, -0.2) is 14.6 Å². The summed E-state index contributed by atoms with van der Waals surface area (Å²) in [4.78, 5) is 54.5. The number of hydrogen-bond acceptors (Lipinski definition) is 7. The molecule has 0 aliphatic carbocycles. The second kappa shape index (κ2) is 9.49. The van der Waals surface area contributed by atoms with Gasteiger partial charge >= 0.3 is 12.0 Å². The van der Waals surface area contributed by atoms with Gasteiger partial charge in [-0.15, -0.1) is 0 Å². The van der Waals surface area contributed by atoms with Crippen molar-refractivity contribution in [2.45, 2.75) is 32.7 Å². The highest BCUT2D eigenvalue weighted by molar-refractivity contribution is 7.17. The number of carbonyl (C=O) groups is 4. The first-order chi connectivity index (χ1) is 14.4. The summed E-state index contributed by atoms with van der Waals surface area (Å²) in [5, 5.41) is 5.35. The molecular weight excluding hydrogens is 408 g/mol. The second-order valence-electron chi connectivity index (χ2n) is 6.63. The van der Waals surface area contributed by atoms with Gasteiger partial charge in [0.15, 0.2) is 5.13 Å². The molecule has 1 saturated heterocycles. The molecule has 2 aromatic rings. The van der Waals surface area contributed by atoms with Crippen LogP contribution in [0.15, 0.2) is 30.3 Å². The van der Waals surface area contributed by atoms with Gasteiger partial charge in [0.2, 0.25) is 5.91 Å². The zero-order chi connectivity index (χ0) is 21.7. The molecule has 3 rings (SSSR count). The van der Waals surface area contributed by atoms with Gasteiger partial charge in [-0.05, 0) is 25.8 Å². The van der Waals surface area contributed by atoms with E-state index in [9.17, 15) is 19.2 Å². The van der Waals surface area contributed by atoms with Gasteiger partial charge in [0.25, 0.3) is 5.91 Å². The predicted molar refractivity (Wildman–Crippen MR) is 110 cm³/mol. The maximum atomic E-state index is 12.5. The number of anilines is 1. The SMILES string of the molecule is CCOC(=O)c1sc(NC(=O)C[C@H]2NC(=O)N(CCc3ccccc3)C2=O)nc1C. The molecule has 4 amide bonds. The van der Waals surface area contributed by atoms with Gasteiger partial charge in [0.1, 0.15) is 10.9 Å². The summed E-state index contributed by atoms with van der Waals surface area (Å²) >= 11 is 1.00. The maximum Gasteiger partial charge on any atom is 0.350 e. The number of rotatable bonds is 8. The Kier molecular flexibility index (Phi) is 6.78. The smallest absolute Gasteiger partial charge is 0.350 e. The van der Waals surface area contributed by atoms with Crippen LogP contribution in [0.1, 0.15) is 34.3 Å². The highest BCUT2D eigenvalue weighted by Gasteiger charge is 2.38. The number of ether oxygens (including phenoxy) is 1. The van der Waals surface area contributed by atoms with Crippen LogP contribution in [0.5, 0.6) is 0 Å². The number of aromatic nitrogens is 1. The molecule has 1 aliphatic heterocycles. The average Bonchev–Trinajstić information content (AvgIpc) is 3.20. The average molecular weight is 430 g/mol. The minimum Gasteiger partial charge on any atom is -0.462 e. The number of nitrogens with one attached hydrogen (secondary N) is 2. The third-order valence-corrected chi connectivity index (χ3v) is 5.52. The second-order valence-corrected chi connectivity index (χ2v) is 7.63. The first-order valence-electron chi connectivity index (χ1n) is 9.49. The molecule has 30 heavy (non-hydrogen) atoms. The topological polar surface area (TPSA) is 118 Å². The van der Waals surface area contributed by atoms with E-state index in [1.54, 1.807) is 13.8 Å². The third-order valence-electron chi connectivity index (χ3n) is 4.47. The van der Waals surface area contributed by atoms with Crippen LogP contribution in [-0.2, 0) is 20.7 Å². The van der Waals surface area contributed by atoms with E-state index in [4.69, 9.17) is 4.74 Å². The van der Waals surface area contributed by atoms with Gasteiger partial charge in [0, 0.05) is 6.54 Å². The zero-order valence-corrected chi connectivity index (χ0v) is 17.5. The number of thiazole rings is 1. The van der Waals surface area contributed by atoms with Crippen LogP contribution < -0.4 is 10.6 Å². The fraction of sp³-hybridized carbons (Fsp3) is 0.350. The summed E-state index contributed by atoms with van der Waals surface area (Å²) in [5.74, 6) is -1.42. The summed E-state index contributed by atoms with van der Waals surface area (Å²) in [6.45, 7) is 3.82. The number of carbonyl (C=O) groups excluding carboxylic acids is 4. The Bertz CT molecular complexity index is 959. The lowest BCUT2D eigenvalue weighted by molar-refractivity contribution is -0.129. The summed E-state index contributed by atoms with van der Waals surface area (Å²) in [7, 11) is 0. The van der Waals surface area contributed by atoms with Crippen LogP contribution in [-0.4, -0.2) is 52.9 Å². The Hall–Kier alpha value is -3.27. The Labute approximate surface area is 177 Å². The Morgan fingerprint density at radius 2 is 2.00 bits per heavy atom. The third kappa shape index (κ3) is 5.01. The van der Waals surface area contributed by atoms with Crippen molar-refractivity contribution >= 4 is 40.3 Å². The number of urea groups is 1. The molecule has 1 atom stereocenters. The molecule has 0 radical (unpaired) electrons. The van der Waals surface area contributed by atoms with Gasteiger partial charge in [-0.2, -0.15) is 0 Å². The summed E-state index contributed by atoms with van der Waals surface area (Å²) in [6, 6.07) is 8.07. The zero-order valence-electron chi connectivity index (χ0n) is 16.6. The van der Waals surface area contributed by atoms with Crippen molar-refractivity contribution < 1.29 is 23.9 Å². The van der Waals surface area contributed by atoms with Crippen molar-refractivity contribution in [3.8, 4) is 0 Å². The first-order valence-corrected chi connectivity index (χ1v) is 10.3. The first kappa shape index (κ1) is 21.4. The fourth-order valence-corrected chi connectivity index (χ4v) is 3.88. The van der Waals surface area contributed by atoms with E-state index >= 15 is 0 Å². The Balaban J connectivity index is 1.55. The van der Waals surface area contributed by atoms with Gasteiger partial charge in [0.05, 0.1) is 18.7 Å². The number of aryl methyl sites for hydroxylation is 1. The monoisotopic (exact) mass is 430 g/mol. The van der Waals surface area contributed by atoms with E-state index in [-0.39, 0.29) is 24.7 Å². The number of esters is 1. The summed E-state index contributed by atoms with van der Waals surface area (Å²) < 4.78 is 4.95. The van der Waals surface area contributed by atoms with E-state index in [0.29, 0.717) is 17.0 Å². The molecule has 0 spiro atoms. The molecule has 2 N–H and O–H groups in total. The van der Waals surface area contributed by atoms with Crippen LogP contribution in [0.3, 0.4) is 0 Å². The largest absolute Gasteiger partial charge is 0.462 e. The van der Waals surface area contributed by atoms with Crippen LogP contribution in [0.25, 0.3) is 0 Å². The molecule has 0 unspecified atom stereocenters. The molecule has 2 heterocycles. The molecule has 10 heteroatoms. The van der Waals surface area contributed by atoms with Gasteiger partial charge in [-0.3, -0.25) is 14.5 Å². The molecule has 158 valence electrons. The molecule has 1 fully saturated rings. The number of hydrogen-bond donors (Lipinski definition) is 2. The molecule has 1 aliphatic rings. The van der Waals surface area contributed by atoms with Crippen LogP contribution in [0.4, 0.5) is 9.93 Å². The molecule has 9 nitrogen and oxygen atoms in total. The van der Waals surface area contributed by atoms with E-state index in [1.807, 2.05) is 30.3 Å². The lowest BCUT2D eigenvalue weighted by Gasteiger charge is -2.12. The normalized spacial score (nSPS) is 15.8. The fourth-order valence-electron chi connectivity index (χ4n) is 3.00. The van der Waals surface area contributed by atoms with Crippen LogP contribution in [0.2, 0.25) is 0 Å². The van der Waals surface area contributed by atoms with Crippen molar-refractivity contribution in [3.05, 3.63) is 46.5 Å². The number of benzene rings is 1. The highest BCUT2D eigenvalue weighted by Crippen LogP contribution is 2.24. The van der Waals surface area contributed by atoms with Crippen LogP contribution in [0, 0.1) is 6.92 Å². The molecule has 1 aromatic carbocycles. The number of amides is 4. The lowest BCUT2D eigenvalue weighted by atomic mass is 10.1. The van der Waals surface area contributed by atoms with Crippen molar-refractivity contribution in [1.29, 1.82) is 0 Å². The maximum absolute atomic E-state index is 12.5. The van der Waals surface area contributed by atoms with Crippen molar-refractivity contribution in [2.24, 2.45) is 0 Å². The van der Waals surface area contributed by atoms with Crippen molar-refractivity contribution in [3.63, 3.8) is 0 Å². The molecule has 1 aromatic heterocycles. The van der Waals surface area contributed by atoms with Crippen molar-refractivity contribution in [2.75, 3.05) is 18.5 Å². The minimum atomic E-state index is -0.932. The minimum absolute atomic E-state index is 0.222. The van der Waals surface area contributed by atoms with E-state index in [2.05, 4.69) is 15.6 Å². The van der Waals surface area contributed by atoms with E-state index in [0.717, 1.165) is 21.8 Å². The quantitative estimate of drug-likeness (QED) is 0.489. The van der Waals surface area contributed by atoms with Gasteiger partial charge in [-0.1, -0.05) is 41.7 Å². The number of imide groups is 1. The summed E-state index contributed by atoms with van der Waals surface area (Å²) in [6.07, 6.45) is 0.313. The van der Waals surface area contributed by atoms with E-state index < -0.39 is 29.9 Å². The number of nitrogens with zero attached hydrogens (tertiary/aromatic N) is 2. The highest BCUT2D eigenvalue weighted by atomic mass is 32.1. The lowest BCUT2D eigenvalue weighted by Crippen LogP contribution is -2.34. The van der Waals surface area contributed by atoms with Gasteiger partial charge < -0.3 is 15.4 Å². The molecule has 0 bridgehead atoms. The molecular formula is C20H22N4O5S. The Morgan fingerprint density at radius 3 is 2.70 bits per heavy atom. The van der Waals surface area contributed by atoms with E-state index in [1.165, 1.54) is 0 Å². The standard InChI is InChI=1S/C20H22N4O5S/c1-3-29-18(27)16-12(2)21-19(30-16)23-15(25)11-14-17(26)24(20(28)22-14)10-9-13-7-5-4-6-8-13/h4-8,14H,3,9-11H2,1-2H3,(H,22,28)(H,21,23,25)/t14-/m1/s1. The van der Waals surface area contributed by atoms with Crippen LogP contribution >= 0.6 is 11.3 Å². The predicted octanol–water partition coefficient (Wildman–Crippen LogP) is 2.12. The summed E-state index contributed by atoms with van der Waals surface area (Å²) in [5.41, 5.74) is 1.46. The molecule has 0 saturated carbocycles.